The summed E-state index contributed by atoms with van der Waals surface area (Å²) in [5, 5.41) is 0. The van der Waals surface area contributed by atoms with Crippen molar-refractivity contribution in [2.45, 2.75) is 50.6 Å². The number of methoxy groups -OCH3 is 1. The molecule has 1 amide bonds. The minimum Gasteiger partial charge on any atom is -0.453 e. The minimum atomic E-state index is -0.403. The molecule has 1 aromatic heterocycles. The number of aromatic nitrogens is 1. The topological polar surface area (TPSA) is 78.8 Å². The number of hydrogen-bond acceptors (Lipinski definition) is 5. The second-order valence-electron chi connectivity index (χ2n) is 7.69. The predicted octanol–water partition coefficient (Wildman–Crippen LogP) is 2.92. The third kappa shape index (κ3) is 3.36. The van der Waals surface area contributed by atoms with Crippen LogP contribution in [-0.2, 0) is 4.74 Å². The lowest BCUT2D eigenvalue weighted by molar-refractivity contribution is 0.0293. The first-order valence-corrected chi connectivity index (χ1v) is 9.79. The number of H-pyrrole nitrogens is 1. The molecule has 0 bridgehead atoms. The van der Waals surface area contributed by atoms with E-state index in [-0.39, 0.29) is 12.1 Å². The Kier molecular flexibility index (Phi) is 4.95. The fourth-order valence-electron chi connectivity index (χ4n) is 4.86. The summed E-state index contributed by atoms with van der Waals surface area (Å²) >= 11 is 0. The number of ether oxygens (including phenoxy) is 1. The second kappa shape index (κ2) is 7.38. The van der Waals surface area contributed by atoms with E-state index in [4.69, 9.17) is 9.15 Å². The van der Waals surface area contributed by atoms with Gasteiger partial charge in [0.1, 0.15) is 0 Å². The van der Waals surface area contributed by atoms with E-state index in [1.54, 1.807) is 0 Å². The molecule has 2 saturated heterocycles. The third-order valence-corrected chi connectivity index (χ3v) is 6.20. The van der Waals surface area contributed by atoms with Crippen LogP contribution in [0.25, 0.3) is 11.1 Å². The van der Waals surface area contributed by atoms with Crippen molar-refractivity contribution in [3.63, 3.8) is 0 Å². The van der Waals surface area contributed by atoms with Gasteiger partial charge in [0.2, 0.25) is 0 Å². The number of para-hydroxylation sites is 1. The van der Waals surface area contributed by atoms with Gasteiger partial charge in [-0.05, 0) is 45.2 Å². The van der Waals surface area contributed by atoms with Crippen molar-refractivity contribution in [1.29, 1.82) is 0 Å². The molecule has 27 heavy (non-hydrogen) atoms. The van der Waals surface area contributed by atoms with Gasteiger partial charge in [-0.25, -0.2) is 9.59 Å². The van der Waals surface area contributed by atoms with E-state index >= 15 is 0 Å². The molecule has 0 saturated carbocycles. The van der Waals surface area contributed by atoms with Crippen LogP contribution in [0.5, 0.6) is 0 Å². The summed E-state index contributed by atoms with van der Waals surface area (Å²) in [6.07, 6.45) is 4.02. The highest BCUT2D eigenvalue weighted by Gasteiger charge is 2.37. The van der Waals surface area contributed by atoms with Crippen LogP contribution in [0.3, 0.4) is 0 Å². The standard InChI is InChI=1S/C20H27N3O4/c1-13-17(9-5-11-23(13)20(25)26-2)22-10-4-6-14(12-22)15-7-3-8-16-18(15)27-19(24)21-16/h3,7-8,13-14,17H,4-6,9-12H2,1-2H3,(H,21,24)/t13?,14-,17+/m0/s1. The zero-order chi connectivity index (χ0) is 19.0. The molecule has 2 fully saturated rings. The van der Waals surface area contributed by atoms with Gasteiger partial charge in [-0.15, -0.1) is 0 Å². The van der Waals surface area contributed by atoms with Crippen molar-refractivity contribution in [2.24, 2.45) is 0 Å². The van der Waals surface area contributed by atoms with Gasteiger partial charge in [-0.1, -0.05) is 12.1 Å². The largest absolute Gasteiger partial charge is 0.453 e. The monoisotopic (exact) mass is 373 g/mol. The molecule has 0 spiro atoms. The Morgan fingerprint density at radius 3 is 2.89 bits per heavy atom. The third-order valence-electron chi connectivity index (χ3n) is 6.20. The Bertz CT molecular complexity index is 873. The Balaban J connectivity index is 1.55. The smallest absolute Gasteiger partial charge is 0.417 e. The summed E-state index contributed by atoms with van der Waals surface area (Å²) in [6.45, 7) is 4.83. The van der Waals surface area contributed by atoms with E-state index in [2.05, 4.69) is 22.9 Å². The summed E-state index contributed by atoms with van der Waals surface area (Å²) in [5.41, 5.74) is 2.54. The van der Waals surface area contributed by atoms with Crippen molar-refractivity contribution < 1.29 is 13.9 Å². The quantitative estimate of drug-likeness (QED) is 0.876. The van der Waals surface area contributed by atoms with E-state index in [9.17, 15) is 9.59 Å². The normalized spacial score (nSPS) is 27.0. The summed E-state index contributed by atoms with van der Waals surface area (Å²) in [6, 6.07) is 6.38. The molecule has 2 aliphatic rings. The maximum Gasteiger partial charge on any atom is 0.417 e. The van der Waals surface area contributed by atoms with Crippen LogP contribution in [0.15, 0.2) is 27.4 Å². The zero-order valence-electron chi connectivity index (χ0n) is 15.9. The molecule has 1 aromatic carbocycles. The Morgan fingerprint density at radius 1 is 1.26 bits per heavy atom. The first-order chi connectivity index (χ1) is 13.1. The number of nitrogens with one attached hydrogen (secondary N) is 1. The summed E-state index contributed by atoms with van der Waals surface area (Å²) < 4.78 is 10.4. The SMILES string of the molecule is COC(=O)N1CCC[C@@H](N2CCC[C@H](c3cccc4[nH]c(=O)oc34)C2)C1C. The molecule has 7 heteroatoms. The molecular formula is C20H27N3O4. The molecule has 1 N–H and O–H groups in total. The number of hydrogen-bond donors (Lipinski definition) is 1. The van der Waals surface area contributed by atoms with Crippen LogP contribution >= 0.6 is 0 Å². The maximum atomic E-state index is 12.1. The fourth-order valence-corrected chi connectivity index (χ4v) is 4.86. The molecule has 146 valence electrons. The van der Waals surface area contributed by atoms with E-state index in [0.717, 1.165) is 56.4 Å². The van der Waals surface area contributed by atoms with Crippen molar-refractivity contribution in [1.82, 2.24) is 14.8 Å². The second-order valence-corrected chi connectivity index (χ2v) is 7.69. The van der Waals surface area contributed by atoms with Crippen LogP contribution in [0.2, 0.25) is 0 Å². The van der Waals surface area contributed by atoms with E-state index < -0.39 is 5.76 Å². The first-order valence-electron chi connectivity index (χ1n) is 9.79. The van der Waals surface area contributed by atoms with Crippen LogP contribution in [0.1, 0.15) is 44.1 Å². The Hall–Kier alpha value is -2.28. The molecule has 2 aromatic rings. The highest BCUT2D eigenvalue weighted by molar-refractivity contribution is 5.76. The summed E-state index contributed by atoms with van der Waals surface area (Å²) in [7, 11) is 1.45. The lowest BCUT2D eigenvalue weighted by Crippen LogP contribution is -2.57. The lowest BCUT2D eigenvalue weighted by atomic mass is 9.87. The average Bonchev–Trinajstić information content (AvgIpc) is 3.07. The van der Waals surface area contributed by atoms with Crippen LogP contribution in [0, 0.1) is 0 Å². The average molecular weight is 373 g/mol. The molecule has 7 nitrogen and oxygen atoms in total. The van der Waals surface area contributed by atoms with Gasteiger partial charge < -0.3 is 14.1 Å². The predicted molar refractivity (Wildman–Crippen MR) is 102 cm³/mol. The minimum absolute atomic E-state index is 0.130. The number of fused-ring (bicyclic) bond motifs is 1. The van der Waals surface area contributed by atoms with Crippen LogP contribution < -0.4 is 5.76 Å². The number of benzene rings is 1. The van der Waals surface area contributed by atoms with Crippen molar-refractivity contribution in [3.05, 3.63) is 34.3 Å². The molecule has 3 atom stereocenters. The molecule has 3 heterocycles. The lowest BCUT2D eigenvalue weighted by Gasteiger charge is -2.46. The number of piperidine rings is 2. The number of carbonyl (C=O) groups is 1. The number of likely N-dealkylation sites (tertiary alicyclic amines) is 2. The van der Waals surface area contributed by atoms with Gasteiger partial charge in [0.05, 0.1) is 12.6 Å². The summed E-state index contributed by atoms with van der Waals surface area (Å²) in [4.78, 5) is 30.8. The number of amides is 1. The molecule has 0 aliphatic carbocycles. The van der Waals surface area contributed by atoms with Gasteiger partial charge in [0.15, 0.2) is 5.58 Å². The van der Waals surface area contributed by atoms with E-state index in [1.807, 2.05) is 17.0 Å². The van der Waals surface area contributed by atoms with Gasteiger partial charge in [0, 0.05) is 36.7 Å². The number of rotatable bonds is 2. The van der Waals surface area contributed by atoms with Gasteiger partial charge >= 0.3 is 11.8 Å². The molecular weight excluding hydrogens is 346 g/mol. The number of nitrogens with zero attached hydrogens (tertiary/aromatic N) is 2. The van der Waals surface area contributed by atoms with Crippen molar-refractivity contribution >= 4 is 17.2 Å². The fraction of sp³-hybridized carbons (Fsp3) is 0.600. The number of aromatic amines is 1. The maximum absolute atomic E-state index is 12.1. The number of oxazole rings is 1. The molecule has 2 aliphatic heterocycles. The number of carbonyl (C=O) groups excluding carboxylic acids is 1. The highest BCUT2D eigenvalue weighted by Crippen LogP contribution is 2.34. The molecule has 1 unspecified atom stereocenters. The molecule has 4 rings (SSSR count). The van der Waals surface area contributed by atoms with Gasteiger partial charge in [0.25, 0.3) is 0 Å². The van der Waals surface area contributed by atoms with Gasteiger partial charge in [-0.2, -0.15) is 0 Å². The van der Waals surface area contributed by atoms with Crippen LogP contribution in [0.4, 0.5) is 4.79 Å². The van der Waals surface area contributed by atoms with Crippen molar-refractivity contribution in [2.75, 3.05) is 26.7 Å². The van der Waals surface area contributed by atoms with E-state index in [0.29, 0.717) is 17.5 Å². The Labute approximate surface area is 158 Å². The van der Waals surface area contributed by atoms with Crippen molar-refractivity contribution in [3.8, 4) is 0 Å². The van der Waals surface area contributed by atoms with Gasteiger partial charge in [-0.3, -0.25) is 9.88 Å². The zero-order valence-corrected chi connectivity index (χ0v) is 15.9. The highest BCUT2D eigenvalue weighted by atomic mass is 16.5. The molecule has 0 radical (unpaired) electrons. The van der Waals surface area contributed by atoms with E-state index in [1.165, 1.54) is 7.11 Å². The Morgan fingerprint density at radius 2 is 2.07 bits per heavy atom. The first kappa shape index (κ1) is 18.1. The summed E-state index contributed by atoms with van der Waals surface area (Å²) in [5.74, 6) is -0.0816. The van der Waals surface area contributed by atoms with Crippen LogP contribution in [-0.4, -0.2) is 59.7 Å².